The van der Waals surface area contributed by atoms with Crippen molar-refractivity contribution >= 4 is 33.9 Å². The molecule has 1 aromatic carbocycles. The second-order valence-electron chi connectivity index (χ2n) is 4.90. The van der Waals surface area contributed by atoms with Crippen LogP contribution < -0.4 is 5.32 Å². The predicted molar refractivity (Wildman–Crippen MR) is 89.0 cm³/mol. The fraction of sp³-hybridized carbons (Fsp3) is 0.0588. The highest BCUT2D eigenvalue weighted by molar-refractivity contribution is 9.10. The smallest absolute Gasteiger partial charge is 0.329 e. The Kier molecular flexibility index (Phi) is 4.43. The van der Waals surface area contributed by atoms with Crippen LogP contribution in [0.5, 0.6) is 0 Å². The van der Waals surface area contributed by atoms with Gasteiger partial charge >= 0.3 is 6.03 Å². The van der Waals surface area contributed by atoms with Gasteiger partial charge in [-0.1, -0.05) is 34.1 Å². The summed E-state index contributed by atoms with van der Waals surface area (Å²) in [4.78, 5) is 25.4. The Morgan fingerprint density at radius 2 is 1.96 bits per heavy atom. The summed E-state index contributed by atoms with van der Waals surface area (Å²) in [6.45, 7) is 0.233. The number of nitrogens with one attached hydrogen (secondary N) is 1. The van der Waals surface area contributed by atoms with Gasteiger partial charge in [0.25, 0.3) is 5.91 Å². The third-order valence-corrected chi connectivity index (χ3v) is 3.81. The average Bonchev–Trinajstić information content (AvgIpc) is 3.14. The van der Waals surface area contributed by atoms with Crippen molar-refractivity contribution in [1.29, 1.82) is 0 Å². The Balaban J connectivity index is 1.70. The molecular formula is C17H13BrN2O3. The molecule has 3 rings (SSSR count). The standard InChI is InChI=1S/C17H13BrN2O3/c18-13-8-6-12(7-9-13)11-20-16(21)15(19-17(20)22)5-1-3-14-4-2-10-23-14/h1-10H,11H2,(H,19,22)/b3-1+,15-5+. The van der Waals surface area contributed by atoms with Gasteiger partial charge < -0.3 is 9.73 Å². The number of carbonyl (C=O) groups is 2. The maximum absolute atomic E-state index is 12.3. The van der Waals surface area contributed by atoms with Gasteiger partial charge in [-0.3, -0.25) is 9.69 Å². The molecule has 23 heavy (non-hydrogen) atoms. The molecule has 0 saturated carbocycles. The lowest BCUT2D eigenvalue weighted by atomic mass is 10.2. The van der Waals surface area contributed by atoms with Gasteiger partial charge in [0.2, 0.25) is 0 Å². The van der Waals surface area contributed by atoms with Gasteiger partial charge in [-0.2, -0.15) is 0 Å². The van der Waals surface area contributed by atoms with E-state index in [1.807, 2.05) is 24.3 Å². The summed E-state index contributed by atoms with van der Waals surface area (Å²) in [5.41, 5.74) is 1.12. The summed E-state index contributed by atoms with van der Waals surface area (Å²) >= 11 is 3.35. The molecule has 1 aromatic heterocycles. The number of allylic oxidation sites excluding steroid dienone is 2. The van der Waals surface area contributed by atoms with Crippen LogP contribution >= 0.6 is 15.9 Å². The molecule has 5 nitrogen and oxygen atoms in total. The number of imide groups is 1. The van der Waals surface area contributed by atoms with Crippen LogP contribution in [0.15, 0.2) is 69.4 Å². The number of benzene rings is 1. The molecule has 1 saturated heterocycles. The van der Waals surface area contributed by atoms with E-state index < -0.39 is 6.03 Å². The molecule has 1 N–H and O–H groups in total. The van der Waals surface area contributed by atoms with E-state index in [0.29, 0.717) is 5.76 Å². The van der Waals surface area contributed by atoms with Crippen LogP contribution in [0, 0.1) is 0 Å². The molecule has 0 radical (unpaired) electrons. The first-order valence-electron chi connectivity index (χ1n) is 6.92. The molecule has 3 amide bonds. The van der Waals surface area contributed by atoms with Crippen molar-refractivity contribution in [2.24, 2.45) is 0 Å². The molecule has 2 aromatic rings. The number of nitrogens with zero attached hydrogens (tertiary/aromatic N) is 1. The van der Waals surface area contributed by atoms with Crippen molar-refractivity contribution in [2.45, 2.75) is 6.54 Å². The summed E-state index contributed by atoms with van der Waals surface area (Å²) < 4.78 is 6.10. The van der Waals surface area contributed by atoms with E-state index in [2.05, 4.69) is 21.2 Å². The fourth-order valence-corrected chi connectivity index (χ4v) is 2.39. The Bertz CT molecular complexity index is 777. The molecule has 2 heterocycles. The van der Waals surface area contributed by atoms with Gasteiger partial charge in [0.1, 0.15) is 11.5 Å². The monoisotopic (exact) mass is 372 g/mol. The zero-order chi connectivity index (χ0) is 16.2. The number of rotatable bonds is 4. The van der Waals surface area contributed by atoms with Crippen LogP contribution in [0.2, 0.25) is 0 Å². The molecule has 0 spiro atoms. The van der Waals surface area contributed by atoms with Crippen LogP contribution in [-0.4, -0.2) is 16.8 Å². The number of hydrogen-bond acceptors (Lipinski definition) is 3. The third-order valence-electron chi connectivity index (χ3n) is 3.28. The van der Waals surface area contributed by atoms with Gasteiger partial charge in [0, 0.05) is 4.47 Å². The molecule has 116 valence electrons. The second-order valence-corrected chi connectivity index (χ2v) is 5.82. The molecule has 1 fully saturated rings. The lowest BCUT2D eigenvalue weighted by Gasteiger charge is -2.11. The summed E-state index contributed by atoms with van der Waals surface area (Å²) in [6.07, 6.45) is 6.50. The van der Waals surface area contributed by atoms with Crippen molar-refractivity contribution in [3.63, 3.8) is 0 Å². The number of amides is 3. The molecule has 0 atom stereocenters. The molecule has 0 unspecified atom stereocenters. The highest BCUT2D eigenvalue weighted by Gasteiger charge is 2.32. The third kappa shape index (κ3) is 3.60. The first-order valence-corrected chi connectivity index (χ1v) is 7.72. The maximum atomic E-state index is 12.3. The molecule has 6 heteroatoms. The Labute approximate surface area is 141 Å². The van der Waals surface area contributed by atoms with Gasteiger partial charge in [-0.15, -0.1) is 0 Å². The van der Waals surface area contributed by atoms with Crippen molar-refractivity contribution in [2.75, 3.05) is 0 Å². The summed E-state index contributed by atoms with van der Waals surface area (Å²) in [7, 11) is 0. The Morgan fingerprint density at radius 3 is 2.65 bits per heavy atom. The molecule has 0 bridgehead atoms. The first kappa shape index (κ1) is 15.3. The Morgan fingerprint density at radius 1 is 1.17 bits per heavy atom. The van der Waals surface area contributed by atoms with E-state index in [0.717, 1.165) is 10.0 Å². The molecular weight excluding hydrogens is 360 g/mol. The van der Waals surface area contributed by atoms with Gasteiger partial charge in [0.05, 0.1) is 12.8 Å². The van der Waals surface area contributed by atoms with Crippen LogP contribution in [-0.2, 0) is 11.3 Å². The van der Waals surface area contributed by atoms with Crippen molar-refractivity contribution in [3.05, 3.63) is 76.3 Å². The lowest BCUT2D eigenvalue weighted by molar-refractivity contribution is -0.123. The largest absolute Gasteiger partial charge is 0.465 e. The highest BCUT2D eigenvalue weighted by Crippen LogP contribution is 2.17. The summed E-state index contributed by atoms with van der Waals surface area (Å²) in [5.74, 6) is 0.326. The minimum atomic E-state index is -0.421. The van der Waals surface area contributed by atoms with Crippen LogP contribution in [0.25, 0.3) is 6.08 Å². The Hall–Kier alpha value is -2.60. The molecule has 0 aliphatic carbocycles. The SMILES string of the molecule is O=C1N/C(=C/C=C/c2ccco2)C(=O)N1Cc1ccc(Br)cc1. The van der Waals surface area contributed by atoms with Crippen LogP contribution in [0.4, 0.5) is 4.79 Å². The van der Waals surface area contributed by atoms with E-state index in [9.17, 15) is 9.59 Å². The van der Waals surface area contributed by atoms with E-state index in [4.69, 9.17) is 4.42 Å². The van der Waals surface area contributed by atoms with Crippen molar-refractivity contribution in [3.8, 4) is 0 Å². The maximum Gasteiger partial charge on any atom is 0.329 e. The number of carbonyl (C=O) groups excluding carboxylic acids is 2. The second kappa shape index (κ2) is 6.66. The predicted octanol–water partition coefficient (Wildman–Crippen LogP) is 3.69. The van der Waals surface area contributed by atoms with Crippen molar-refractivity contribution in [1.82, 2.24) is 10.2 Å². The fourth-order valence-electron chi connectivity index (χ4n) is 2.13. The number of urea groups is 1. The van der Waals surface area contributed by atoms with Crippen molar-refractivity contribution < 1.29 is 14.0 Å². The van der Waals surface area contributed by atoms with E-state index >= 15 is 0 Å². The normalized spacial score (nSPS) is 16.6. The van der Waals surface area contributed by atoms with E-state index in [1.165, 1.54) is 4.90 Å². The molecule has 1 aliphatic rings. The van der Waals surface area contributed by atoms with Gasteiger partial charge in [0.15, 0.2) is 0 Å². The topological polar surface area (TPSA) is 62.6 Å². The minimum Gasteiger partial charge on any atom is -0.465 e. The quantitative estimate of drug-likeness (QED) is 0.657. The van der Waals surface area contributed by atoms with Gasteiger partial charge in [-0.05, 0) is 42.0 Å². The summed E-state index contributed by atoms with van der Waals surface area (Å²) in [6, 6.07) is 10.6. The van der Waals surface area contributed by atoms with E-state index in [1.54, 1.807) is 36.6 Å². The van der Waals surface area contributed by atoms with E-state index in [-0.39, 0.29) is 18.1 Å². The number of halogens is 1. The molecule has 1 aliphatic heterocycles. The summed E-state index contributed by atoms with van der Waals surface area (Å²) in [5, 5.41) is 2.57. The van der Waals surface area contributed by atoms with Crippen LogP contribution in [0.3, 0.4) is 0 Å². The number of hydrogen-bond donors (Lipinski definition) is 1. The first-order chi connectivity index (χ1) is 11.1. The lowest BCUT2D eigenvalue weighted by Crippen LogP contribution is -2.30. The van der Waals surface area contributed by atoms with Gasteiger partial charge in [-0.25, -0.2) is 4.79 Å². The highest BCUT2D eigenvalue weighted by atomic mass is 79.9. The van der Waals surface area contributed by atoms with Crippen LogP contribution in [0.1, 0.15) is 11.3 Å². The zero-order valence-electron chi connectivity index (χ0n) is 12.0. The minimum absolute atomic E-state index is 0.233. The zero-order valence-corrected chi connectivity index (χ0v) is 13.6. The average molecular weight is 373 g/mol. The number of furan rings is 1.